The van der Waals surface area contributed by atoms with Gasteiger partial charge in [0.15, 0.2) is 0 Å². The van der Waals surface area contributed by atoms with E-state index in [1.165, 1.54) is 0 Å². The van der Waals surface area contributed by atoms with Crippen LogP contribution in [0.1, 0.15) is 53.2 Å². The molecule has 1 amide bonds. The van der Waals surface area contributed by atoms with Crippen molar-refractivity contribution in [1.82, 2.24) is 19.8 Å². The molecule has 1 N–H and O–H groups in total. The molecule has 0 spiro atoms. The molecular weight excluding hydrogens is 308 g/mol. The van der Waals surface area contributed by atoms with Crippen molar-refractivity contribution in [1.29, 1.82) is 0 Å². The van der Waals surface area contributed by atoms with Crippen LogP contribution in [0.15, 0.2) is 16.8 Å². The highest BCUT2D eigenvalue weighted by Crippen LogP contribution is 2.46. The first kappa shape index (κ1) is 15.4. The highest BCUT2D eigenvalue weighted by Gasteiger charge is 2.51. The van der Waals surface area contributed by atoms with Gasteiger partial charge in [-0.15, -0.1) is 0 Å². The molecule has 4 heterocycles. The Kier molecular flexibility index (Phi) is 3.32. The summed E-state index contributed by atoms with van der Waals surface area (Å²) < 4.78 is 6.88. The van der Waals surface area contributed by atoms with E-state index >= 15 is 0 Å². The second kappa shape index (κ2) is 5.17. The molecule has 2 bridgehead atoms. The van der Waals surface area contributed by atoms with Crippen molar-refractivity contribution < 1.29 is 14.4 Å². The SMILES string of the molecule is Cc1noc(C)c1C(=O)N1[C@@H]2CC[C@@H]1CC(O)(c1ccnn1C)C2. The fourth-order valence-electron chi connectivity index (χ4n) is 4.51. The number of amides is 1. The zero-order chi connectivity index (χ0) is 17.1. The van der Waals surface area contributed by atoms with Crippen molar-refractivity contribution in [3.8, 4) is 0 Å². The summed E-state index contributed by atoms with van der Waals surface area (Å²) in [7, 11) is 1.84. The first-order valence-corrected chi connectivity index (χ1v) is 8.37. The lowest BCUT2D eigenvalue weighted by Crippen LogP contribution is -2.52. The molecule has 2 aromatic heterocycles. The van der Waals surface area contributed by atoms with Crippen molar-refractivity contribution in [3.05, 3.63) is 35.0 Å². The fraction of sp³-hybridized carbons (Fsp3) is 0.588. The molecule has 2 aliphatic heterocycles. The minimum absolute atomic E-state index is 0.0224. The summed E-state index contributed by atoms with van der Waals surface area (Å²) in [4.78, 5) is 15.0. The van der Waals surface area contributed by atoms with E-state index in [-0.39, 0.29) is 18.0 Å². The zero-order valence-corrected chi connectivity index (χ0v) is 14.2. The zero-order valence-electron chi connectivity index (χ0n) is 14.2. The minimum atomic E-state index is -0.924. The molecule has 7 heteroatoms. The van der Waals surface area contributed by atoms with Crippen LogP contribution in [0.2, 0.25) is 0 Å². The number of aryl methyl sites for hydroxylation is 3. The fourth-order valence-corrected chi connectivity index (χ4v) is 4.51. The number of rotatable bonds is 2. The van der Waals surface area contributed by atoms with Crippen LogP contribution in [0.4, 0.5) is 0 Å². The van der Waals surface area contributed by atoms with Crippen LogP contribution >= 0.6 is 0 Å². The van der Waals surface area contributed by atoms with Crippen LogP contribution in [0, 0.1) is 13.8 Å². The van der Waals surface area contributed by atoms with Crippen molar-refractivity contribution in [3.63, 3.8) is 0 Å². The molecule has 0 unspecified atom stereocenters. The van der Waals surface area contributed by atoms with Crippen LogP contribution < -0.4 is 0 Å². The third kappa shape index (κ3) is 2.11. The van der Waals surface area contributed by atoms with Gasteiger partial charge in [-0.05, 0) is 32.8 Å². The molecule has 2 fully saturated rings. The second-order valence-corrected chi connectivity index (χ2v) is 7.08. The first-order valence-electron chi connectivity index (χ1n) is 8.37. The Morgan fingerprint density at radius 3 is 2.50 bits per heavy atom. The topological polar surface area (TPSA) is 84.4 Å². The number of carbonyl (C=O) groups is 1. The number of aromatic nitrogens is 3. The Labute approximate surface area is 140 Å². The van der Waals surface area contributed by atoms with Gasteiger partial charge in [0.1, 0.15) is 16.9 Å². The van der Waals surface area contributed by atoms with Crippen molar-refractivity contribution in [2.24, 2.45) is 7.05 Å². The third-order valence-electron chi connectivity index (χ3n) is 5.55. The summed E-state index contributed by atoms with van der Waals surface area (Å²) in [6.07, 6.45) is 4.62. The molecule has 2 saturated heterocycles. The average molecular weight is 330 g/mol. The molecule has 0 aliphatic carbocycles. The molecule has 7 nitrogen and oxygen atoms in total. The van der Waals surface area contributed by atoms with Crippen LogP contribution in [-0.2, 0) is 12.6 Å². The van der Waals surface area contributed by atoms with Crippen LogP contribution in [-0.4, -0.2) is 42.9 Å². The lowest BCUT2D eigenvalue weighted by atomic mass is 9.83. The lowest BCUT2D eigenvalue weighted by molar-refractivity contribution is -0.0530. The van der Waals surface area contributed by atoms with Gasteiger partial charge in [0.2, 0.25) is 0 Å². The monoisotopic (exact) mass is 330 g/mol. The van der Waals surface area contributed by atoms with Crippen molar-refractivity contribution in [2.75, 3.05) is 0 Å². The molecule has 24 heavy (non-hydrogen) atoms. The van der Waals surface area contributed by atoms with Gasteiger partial charge >= 0.3 is 0 Å². The summed E-state index contributed by atoms with van der Waals surface area (Å²) in [6, 6.07) is 1.93. The number of hydrogen-bond acceptors (Lipinski definition) is 5. The van der Waals surface area contributed by atoms with Gasteiger partial charge < -0.3 is 14.5 Å². The van der Waals surface area contributed by atoms with Crippen molar-refractivity contribution >= 4 is 5.91 Å². The van der Waals surface area contributed by atoms with E-state index in [1.54, 1.807) is 24.7 Å². The number of nitrogens with zero attached hydrogens (tertiary/aromatic N) is 4. The van der Waals surface area contributed by atoms with Gasteiger partial charge in [-0.1, -0.05) is 5.16 Å². The molecule has 2 aromatic rings. The maximum atomic E-state index is 13.1. The minimum Gasteiger partial charge on any atom is -0.383 e. The molecule has 0 saturated carbocycles. The quantitative estimate of drug-likeness (QED) is 0.905. The Morgan fingerprint density at radius 1 is 1.33 bits per heavy atom. The Hall–Kier alpha value is -2.15. The van der Waals surface area contributed by atoms with Crippen LogP contribution in [0.25, 0.3) is 0 Å². The van der Waals surface area contributed by atoms with Gasteiger partial charge in [0.25, 0.3) is 5.91 Å². The van der Waals surface area contributed by atoms with E-state index in [4.69, 9.17) is 4.52 Å². The number of hydrogen-bond donors (Lipinski definition) is 1. The number of fused-ring (bicyclic) bond motifs is 2. The van der Waals surface area contributed by atoms with Gasteiger partial charge in [-0.2, -0.15) is 5.10 Å². The number of piperidine rings is 1. The van der Waals surface area contributed by atoms with E-state index in [1.807, 2.05) is 18.0 Å². The molecule has 4 rings (SSSR count). The highest BCUT2D eigenvalue weighted by molar-refractivity contribution is 5.96. The molecule has 0 radical (unpaired) electrons. The maximum absolute atomic E-state index is 13.1. The highest BCUT2D eigenvalue weighted by atomic mass is 16.5. The average Bonchev–Trinajstić information content (AvgIpc) is 3.17. The van der Waals surface area contributed by atoms with E-state index in [2.05, 4.69) is 10.3 Å². The molecule has 2 aliphatic rings. The Bertz CT molecular complexity index is 760. The second-order valence-electron chi connectivity index (χ2n) is 7.08. The third-order valence-corrected chi connectivity index (χ3v) is 5.55. The summed E-state index contributed by atoms with van der Waals surface area (Å²) >= 11 is 0. The maximum Gasteiger partial charge on any atom is 0.259 e. The van der Waals surface area contributed by atoms with Crippen molar-refractivity contribution in [2.45, 2.75) is 57.2 Å². The first-order chi connectivity index (χ1) is 11.4. The largest absolute Gasteiger partial charge is 0.383 e. The summed E-state index contributed by atoms with van der Waals surface area (Å²) in [6.45, 7) is 3.56. The Morgan fingerprint density at radius 2 is 2.00 bits per heavy atom. The lowest BCUT2D eigenvalue weighted by Gasteiger charge is -2.43. The normalized spacial score (nSPS) is 29.2. The van der Waals surface area contributed by atoms with Crippen LogP contribution in [0.5, 0.6) is 0 Å². The standard InChI is InChI=1S/C17H22N4O3/c1-10-15(11(2)24-19-10)16(22)21-12-4-5-13(21)9-17(23,8-12)14-6-7-18-20(14)3/h6-7,12-13,23H,4-5,8-9H2,1-3H3/t12-,13-/m1/s1. The van der Waals surface area contributed by atoms with E-state index in [0.717, 1.165) is 18.5 Å². The molecule has 128 valence electrons. The van der Waals surface area contributed by atoms with Gasteiger partial charge in [0, 0.05) is 38.2 Å². The smallest absolute Gasteiger partial charge is 0.259 e. The summed E-state index contributed by atoms with van der Waals surface area (Å²) in [5, 5.41) is 19.3. The Balaban J connectivity index is 1.64. The predicted molar refractivity (Wildman–Crippen MR) is 85.3 cm³/mol. The van der Waals surface area contributed by atoms with Crippen LogP contribution in [0.3, 0.4) is 0 Å². The van der Waals surface area contributed by atoms with E-state index in [0.29, 0.717) is 29.9 Å². The number of carbonyl (C=O) groups excluding carboxylic acids is 1. The molecular formula is C17H22N4O3. The van der Waals surface area contributed by atoms with E-state index < -0.39 is 5.60 Å². The molecule has 0 aromatic carbocycles. The number of aliphatic hydroxyl groups is 1. The van der Waals surface area contributed by atoms with Gasteiger partial charge in [0.05, 0.1) is 11.4 Å². The summed E-state index contributed by atoms with van der Waals surface area (Å²) in [5.74, 6) is 0.537. The molecule has 2 atom stereocenters. The predicted octanol–water partition coefficient (Wildman–Crippen LogP) is 1.68. The van der Waals surface area contributed by atoms with Gasteiger partial charge in [-0.25, -0.2) is 0 Å². The summed E-state index contributed by atoms with van der Waals surface area (Å²) in [5.41, 5.74) is 1.10. The van der Waals surface area contributed by atoms with E-state index in [9.17, 15) is 9.90 Å². The van der Waals surface area contributed by atoms with Gasteiger partial charge in [-0.3, -0.25) is 9.48 Å².